The maximum atomic E-state index is 13.5. The number of hydrogen-bond donors (Lipinski definition) is 0. The highest BCUT2D eigenvalue weighted by Crippen LogP contribution is 2.35. The molecule has 2 amide bonds. The van der Waals surface area contributed by atoms with Crippen molar-refractivity contribution < 1.29 is 19.1 Å². The number of anilines is 1. The third-order valence-electron chi connectivity index (χ3n) is 5.06. The molecule has 30 heavy (non-hydrogen) atoms. The summed E-state index contributed by atoms with van der Waals surface area (Å²) >= 11 is 0. The average Bonchev–Trinajstić information content (AvgIpc) is 2.76. The average molecular weight is 399 g/mol. The molecule has 0 radical (unpaired) electrons. The first-order chi connectivity index (χ1) is 14.5. The van der Waals surface area contributed by atoms with Crippen LogP contribution in [-0.4, -0.2) is 26.0 Å². The van der Waals surface area contributed by atoms with Crippen LogP contribution in [0.4, 0.5) is 5.69 Å². The van der Waals surface area contributed by atoms with Gasteiger partial charge in [0.15, 0.2) is 11.5 Å². The molecule has 3 aromatic carbocycles. The summed E-state index contributed by atoms with van der Waals surface area (Å²) in [5, 5.41) is 0. The molecule has 1 aliphatic heterocycles. The standard InChI is InChI=1S/C25H21NO4/c1-16-7-6-8-18(13-16)26-24(27)20-10-5-4-9-19(20)21(25(26)28)14-17-11-12-22(29-2)23(15-17)30-3/h4-15H,1-3H3. The molecule has 0 unspecified atom stereocenters. The second kappa shape index (κ2) is 7.87. The number of hydrogen-bond acceptors (Lipinski definition) is 4. The van der Waals surface area contributed by atoms with E-state index in [1.807, 2.05) is 37.3 Å². The van der Waals surface area contributed by atoms with Crippen molar-refractivity contribution >= 4 is 29.2 Å². The number of fused-ring (bicyclic) bond motifs is 1. The second-order valence-electron chi connectivity index (χ2n) is 7.00. The van der Waals surface area contributed by atoms with Crippen molar-refractivity contribution in [3.63, 3.8) is 0 Å². The molecule has 0 atom stereocenters. The van der Waals surface area contributed by atoms with Crippen molar-refractivity contribution in [2.45, 2.75) is 6.92 Å². The minimum atomic E-state index is -0.362. The van der Waals surface area contributed by atoms with Crippen molar-refractivity contribution in [2.75, 3.05) is 19.1 Å². The fraction of sp³-hybridized carbons (Fsp3) is 0.120. The van der Waals surface area contributed by atoms with Gasteiger partial charge in [0.25, 0.3) is 11.8 Å². The fourth-order valence-electron chi connectivity index (χ4n) is 3.60. The predicted octanol–water partition coefficient (Wildman–Crippen LogP) is 4.74. The van der Waals surface area contributed by atoms with Crippen LogP contribution in [0.2, 0.25) is 0 Å². The van der Waals surface area contributed by atoms with Crippen LogP contribution in [0, 0.1) is 6.92 Å². The number of methoxy groups -OCH3 is 2. The molecular weight excluding hydrogens is 378 g/mol. The van der Waals surface area contributed by atoms with Gasteiger partial charge in [-0.1, -0.05) is 36.4 Å². The van der Waals surface area contributed by atoms with E-state index in [4.69, 9.17) is 9.47 Å². The molecule has 0 bridgehead atoms. The highest BCUT2D eigenvalue weighted by atomic mass is 16.5. The fourth-order valence-corrected chi connectivity index (χ4v) is 3.60. The van der Waals surface area contributed by atoms with Gasteiger partial charge in [0.1, 0.15) is 0 Å². The van der Waals surface area contributed by atoms with Crippen LogP contribution in [0.15, 0.2) is 66.7 Å². The summed E-state index contributed by atoms with van der Waals surface area (Å²) in [5.41, 5.74) is 3.84. The number of rotatable bonds is 4. The van der Waals surface area contributed by atoms with E-state index in [1.165, 1.54) is 4.90 Å². The van der Waals surface area contributed by atoms with Crippen LogP contribution in [-0.2, 0) is 4.79 Å². The number of aryl methyl sites for hydroxylation is 1. The summed E-state index contributed by atoms with van der Waals surface area (Å²) in [5.74, 6) is 0.478. The molecule has 150 valence electrons. The third-order valence-corrected chi connectivity index (χ3v) is 5.06. The number of carbonyl (C=O) groups is 2. The SMILES string of the molecule is COc1ccc(C=C2C(=O)N(c3cccc(C)c3)C(=O)c3ccccc32)cc1OC. The predicted molar refractivity (Wildman–Crippen MR) is 117 cm³/mol. The summed E-state index contributed by atoms with van der Waals surface area (Å²) in [6.07, 6.45) is 1.78. The third kappa shape index (κ3) is 3.35. The summed E-state index contributed by atoms with van der Waals surface area (Å²) < 4.78 is 10.7. The second-order valence-corrected chi connectivity index (χ2v) is 7.00. The van der Waals surface area contributed by atoms with Gasteiger partial charge in [0.05, 0.1) is 19.9 Å². The number of imide groups is 1. The van der Waals surface area contributed by atoms with Gasteiger partial charge in [-0.05, 0) is 60.0 Å². The van der Waals surface area contributed by atoms with Crippen molar-refractivity contribution in [2.24, 2.45) is 0 Å². The van der Waals surface area contributed by atoms with Crippen LogP contribution in [0.25, 0.3) is 11.6 Å². The molecule has 1 aliphatic rings. The van der Waals surface area contributed by atoms with Crippen LogP contribution in [0.5, 0.6) is 11.5 Å². The Morgan fingerprint density at radius 1 is 0.767 bits per heavy atom. The van der Waals surface area contributed by atoms with Crippen LogP contribution >= 0.6 is 0 Å². The minimum absolute atomic E-state index is 0.328. The first-order valence-electron chi connectivity index (χ1n) is 9.52. The zero-order valence-corrected chi connectivity index (χ0v) is 17.0. The number of ether oxygens (including phenoxy) is 2. The van der Waals surface area contributed by atoms with E-state index in [0.29, 0.717) is 33.9 Å². The van der Waals surface area contributed by atoms with E-state index >= 15 is 0 Å². The maximum Gasteiger partial charge on any atom is 0.265 e. The Balaban J connectivity index is 1.88. The molecule has 0 aromatic heterocycles. The molecule has 0 saturated carbocycles. The first-order valence-corrected chi connectivity index (χ1v) is 9.52. The molecule has 0 N–H and O–H groups in total. The molecule has 1 heterocycles. The molecule has 0 aliphatic carbocycles. The van der Waals surface area contributed by atoms with Gasteiger partial charge in [-0.25, -0.2) is 4.90 Å². The molecule has 5 heteroatoms. The lowest BCUT2D eigenvalue weighted by Crippen LogP contribution is -2.41. The maximum absolute atomic E-state index is 13.5. The van der Waals surface area contributed by atoms with Gasteiger partial charge in [-0.2, -0.15) is 0 Å². The van der Waals surface area contributed by atoms with Gasteiger partial charge >= 0.3 is 0 Å². The molecule has 0 saturated heterocycles. The molecule has 3 aromatic rings. The van der Waals surface area contributed by atoms with Gasteiger partial charge < -0.3 is 9.47 Å². The Bertz CT molecular complexity index is 1180. The molecule has 4 rings (SSSR count). The van der Waals surface area contributed by atoms with Crippen LogP contribution in [0.3, 0.4) is 0 Å². The lowest BCUT2D eigenvalue weighted by molar-refractivity contribution is -0.112. The van der Waals surface area contributed by atoms with Gasteiger partial charge in [0, 0.05) is 11.1 Å². The first kappa shape index (κ1) is 19.5. The molecule has 0 spiro atoms. The van der Waals surface area contributed by atoms with Crippen molar-refractivity contribution in [3.05, 3.63) is 89.0 Å². The van der Waals surface area contributed by atoms with Gasteiger partial charge in [-0.15, -0.1) is 0 Å². The molecule has 0 fully saturated rings. The Kier molecular flexibility index (Phi) is 5.11. The Morgan fingerprint density at radius 3 is 2.20 bits per heavy atom. The molecule has 5 nitrogen and oxygen atoms in total. The van der Waals surface area contributed by atoms with Crippen molar-refractivity contribution in [1.82, 2.24) is 0 Å². The quantitative estimate of drug-likeness (QED) is 0.470. The zero-order chi connectivity index (χ0) is 21.3. The van der Waals surface area contributed by atoms with Crippen molar-refractivity contribution in [3.8, 4) is 11.5 Å². The zero-order valence-electron chi connectivity index (χ0n) is 17.0. The minimum Gasteiger partial charge on any atom is -0.493 e. The Labute approximate surface area is 175 Å². The largest absolute Gasteiger partial charge is 0.493 e. The van der Waals surface area contributed by atoms with E-state index < -0.39 is 0 Å². The van der Waals surface area contributed by atoms with E-state index in [-0.39, 0.29) is 11.8 Å². The van der Waals surface area contributed by atoms with E-state index in [1.54, 1.807) is 56.7 Å². The highest BCUT2D eigenvalue weighted by molar-refractivity contribution is 6.43. The normalized spacial score (nSPS) is 14.6. The summed E-state index contributed by atoms with van der Waals surface area (Å²) in [7, 11) is 3.14. The topological polar surface area (TPSA) is 55.8 Å². The Hall–Kier alpha value is -3.86. The smallest absolute Gasteiger partial charge is 0.265 e. The van der Waals surface area contributed by atoms with Gasteiger partial charge in [-0.3, -0.25) is 9.59 Å². The molecular formula is C25H21NO4. The summed E-state index contributed by atoms with van der Waals surface area (Å²) in [6.45, 7) is 1.93. The Morgan fingerprint density at radius 2 is 1.50 bits per heavy atom. The lowest BCUT2D eigenvalue weighted by atomic mass is 9.91. The van der Waals surface area contributed by atoms with E-state index in [2.05, 4.69) is 0 Å². The number of nitrogens with zero attached hydrogens (tertiary/aromatic N) is 1. The van der Waals surface area contributed by atoms with Crippen LogP contribution in [0.1, 0.15) is 27.0 Å². The van der Waals surface area contributed by atoms with Crippen molar-refractivity contribution in [1.29, 1.82) is 0 Å². The number of amides is 2. The monoisotopic (exact) mass is 399 g/mol. The van der Waals surface area contributed by atoms with E-state index in [0.717, 1.165) is 11.1 Å². The number of benzene rings is 3. The number of carbonyl (C=O) groups excluding carboxylic acids is 2. The lowest BCUT2D eigenvalue weighted by Gasteiger charge is -2.29. The summed E-state index contributed by atoms with van der Waals surface area (Å²) in [4.78, 5) is 27.9. The van der Waals surface area contributed by atoms with Gasteiger partial charge in [0.2, 0.25) is 0 Å². The summed E-state index contributed by atoms with van der Waals surface area (Å²) in [6, 6.07) is 20.0. The van der Waals surface area contributed by atoms with E-state index in [9.17, 15) is 9.59 Å². The van der Waals surface area contributed by atoms with Crippen LogP contribution < -0.4 is 14.4 Å². The highest BCUT2D eigenvalue weighted by Gasteiger charge is 2.35.